The van der Waals surface area contributed by atoms with Gasteiger partial charge in [0.25, 0.3) is 0 Å². The van der Waals surface area contributed by atoms with Gasteiger partial charge in [-0.05, 0) is 12.1 Å². The number of methoxy groups -OCH3 is 1. The summed E-state index contributed by atoms with van der Waals surface area (Å²) in [5.41, 5.74) is 0.502. The third kappa shape index (κ3) is 3.90. The van der Waals surface area contributed by atoms with E-state index in [-0.39, 0.29) is 27.5 Å². The molecule has 0 fully saturated rings. The molecular formula is C18H12BrClF3N3O2. The lowest BCUT2D eigenvalue weighted by Gasteiger charge is -2.27. The summed E-state index contributed by atoms with van der Waals surface area (Å²) in [6.07, 6.45) is 0.843. The number of esters is 1. The van der Waals surface area contributed by atoms with Crippen LogP contribution in [0.4, 0.5) is 13.2 Å². The molecule has 10 heteroatoms. The molecule has 0 spiro atoms. The van der Waals surface area contributed by atoms with Gasteiger partial charge in [0, 0.05) is 27.7 Å². The molecule has 5 nitrogen and oxygen atoms in total. The Kier molecular flexibility index (Phi) is 6.04. The summed E-state index contributed by atoms with van der Waals surface area (Å²) in [5.74, 6) is -3.08. The van der Waals surface area contributed by atoms with Crippen LogP contribution in [0.3, 0.4) is 0 Å². The zero-order chi connectivity index (χ0) is 20.4. The van der Waals surface area contributed by atoms with Crippen LogP contribution in [0.15, 0.2) is 46.7 Å². The summed E-state index contributed by atoms with van der Waals surface area (Å²) in [7, 11) is 1.20. The highest BCUT2D eigenvalue weighted by atomic mass is 79.9. The Labute approximate surface area is 171 Å². The summed E-state index contributed by atoms with van der Waals surface area (Å²) in [6.45, 7) is 0. The number of carbonyl (C=O) groups is 1. The van der Waals surface area contributed by atoms with Gasteiger partial charge in [-0.15, -0.1) is 0 Å². The topological polar surface area (TPSA) is 63.6 Å². The zero-order valence-electron chi connectivity index (χ0n) is 14.3. The highest BCUT2D eigenvalue weighted by Crippen LogP contribution is 2.36. The van der Waals surface area contributed by atoms with Crippen molar-refractivity contribution in [3.05, 3.63) is 75.5 Å². The van der Waals surface area contributed by atoms with Gasteiger partial charge in [-0.3, -0.25) is 4.99 Å². The summed E-state index contributed by atoms with van der Waals surface area (Å²) in [4.78, 5) is 20.5. The van der Waals surface area contributed by atoms with Crippen LogP contribution in [-0.4, -0.2) is 29.2 Å². The predicted molar refractivity (Wildman–Crippen MR) is 101 cm³/mol. The van der Waals surface area contributed by atoms with Gasteiger partial charge in [-0.2, -0.15) is 0 Å². The Morgan fingerprint density at radius 3 is 2.64 bits per heavy atom. The minimum absolute atomic E-state index is 0.0258. The third-order valence-electron chi connectivity index (χ3n) is 3.95. The smallest absolute Gasteiger partial charge is 0.338 e. The van der Waals surface area contributed by atoms with Crippen LogP contribution in [0, 0.1) is 17.5 Å². The molecule has 0 radical (unpaired) electrons. The average molecular weight is 475 g/mol. The van der Waals surface area contributed by atoms with E-state index in [0.717, 1.165) is 18.3 Å². The van der Waals surface area contributed by atoms with E-state index in [2.05, 4.69) is 31.2 Å². The Hall–Kier alpha value is -2.39. The first kappa shape index (κ1) is 20.3. The molecule has 2 heterocycles. The Morgan fingerprint density at radius 2 is 2.04 bits per heavy atom. The maximum Gasteiger partial charge on any atom is 0.338 e. The zero-order valence-corrected chi connectivity index (χ0v) is 16.6. The first-order chi connectivity index (χ1) is 13.3. The first-order valence-electron chi connectivity index (χ1n) is 7.84. The highest BCUT2D eigenvalue weighted by molar-refractivity contribution is 9.09. The number of ether oxygens (including phenoxy) is 1. The van der Waals surface area contributed by atoms with Gasteiger partial charge in [0.15, 0.2) is 11.7 Å². The quantitative estimate of drug-likeness (QED) is 0.536. The van der Waals surface area contributed by atoms with Crippen molar-refractivity contribution in [1.82, 2.24) is 10.3 Å². The van der Waals surface area contributed by atoms with Gasteiger partial charge >= 0.3 is 5.97 Å². The number of carbonyl (C=O) groups excluding carboxylic acids is 1. The van der Waals surface area contributed by atoms with Gasteiger partial charge in [0.05, 0.1) is 18.9 Å². The lowest BCUT2D eigenvalue weighted by Crippen LogP contribution is -2.35. The number of amidine groups is 1. The summed E-state index contributed by atoms with van der Waals surface area (Å²) in [6, 6.07) is 3.26. The first-order valence-corrected chi connectivity index (χ1v) is 9.34. The molecule has 1 aromatic carbocycles. The lowest BCUT2D eigenvalue weighted by molar-refractivity contribution is -0.136. The van der Waals surface area contributed by atoms with E-state index < -0.39 is 29.5 Å². The van der Waals surface area contributed by atoms with Crippen molar-refractivity contribution in [3.8, 4) is 0 Å². The second-order valence-corrected chi connectivity index (χ2v) is 6.64. The SMILES string of the molecule is COC(=O)C1=C(CBr)NC(c2ncc(F)cc2F)=NC1c1ccc(F)cc1Cl. The van der Waals surface area contributed by atoms with Gasteiger partial charge in [0.2, 0.25) is 0 Å². The Balaban J connectivity index is 2.20. The number of allylic oxidation sites excluding steroid dienone is 1. The number of halogens is 5. The van der Waals surface area contributed by atoms with Gasteiger partial charge in [-0.1, -0.05) is 33.6 Å². The number of nitrogens with one attached hydrogen (secondary N) is 1. The van der Waals surface area contributed by atoms with Crippen LogP contribution in [0.25, 0.3) is 0 Å². The van der Waals surface area contributed by atoms with Crippen LogP contribution >= 0.6 is 27.5 Å². The van der Waals surface area contributed by atoms with E-state index in [4.69, 9.17) is 16.3 Å². The maximum absolute atomic E-state index is 14.2. The Bertz CT molecular complexity index is 1010. The fourth-order valence-electron chi connectivity index (χ4n) is 2.71. The van der Waals surface area contributed by atoms with Crippen molar-refractivity contribution in [1.29, 1.82) is 0 Å². The van der Waals surface area contributed by atoms with Crippen LogP contribution in [0.5, 0.6) is 0 Å². The molecule has 1 unspecified atom stereocenters. The summed E-state index contributed by atoms with van der Waals surface area (Å²) in [5, 5.41) is 3.00. The van der Waals surface area contributed by atoms with Gasteiger partial charge in [0.1, 0.15) is 23.4 Å². The number of benzene rings is 1. The van der Waals surface area contributed by atoms with Crippen molar-refractivity contribution in [2.45, 2.75) is 6.04 Å². The second kappa shape index (κ2) is 8.32. The molecule has 1 aliphatic rings. The van der Waals surface area contributed by atoms with E-state index in [9.17, 15) is 18.0 Å². The monoisotopic (exact) mass is 473 g/mol. The average Bonchev–Trinajstić information content (AvgIpc) is 2.66. The Morgan fingerprint density at radius 1 is 1.29 bits per heavy atom. The fraction of sp³-hybridized carbons (Fsp3) is 0.167. The minimum Gasteiger partial charge on any atom is -0.466 e. The van der Waals surface area contributed by atoms with E-state index in [1.807, 2.05) is 0 Å². The van der Waals surface area contributed by atoms with E-state index >= 15 is 0 Å². The number of nitrogens with zero attached hydrogens (tertiary/aromatic N) is 2. The number of pyridine rings is 1. The largest absolute Gasteiger partial charge is 0.466 e. The molecule has 1 N–H and O–H groups in total. The molecule has 28 heavy (non-hydrogen) atoms. The van der Waals surface area contributed by atoms with Crippen LogP contribution in [0.1, 0.15) is 17.3 Å². The molecule has 0 amide bonds. The minimum atomic E-state index is -1.02. The maximum atomic E-state index is 14.2. The number of aromatic nitrogens is 1. The standard InChI is InChI=1S/C18H12BrClF3N3O2/c1-28-18(27)14-13(6-19)25-17(16-12(23)5-9(22)7-24-16)26-15(14)10-3-2-8(21)4-11(10)20/h2-5,7,15H,6H2,1H3,(H,25,26). The molecule has 146 valence electrons. The van der Waals surface area contributed by atoms with Crippen LogP contribution in [-0.2, 0) is 9.53 Å². The van der Waals surface area contributed by atoms with Crippen LogP contribution in [0.2, 0.25) is 5.02 Å². The highest BCUT2D eigenvalue weighted by Gasteiger charge is 2.33. The number of alkyl halides is 1. The van der Waals surface area contributed by atoms with Crippen molar-refractivity contribution >= 4 is 39.3 Å². The lowest BCUT2D eigenvalue weighted by atomic mass is 9.95. The molecule has 3 rings (SSSR count). The van der Waals surface area contributed by atoms with Gasteiger partial charge in [-0.25, -0.2) is 22.9 Å². The second-order valence-electron chi connectivity index (χ2n) is 5.67. The molecule has 1 aliphatic heterocycles. The fourth-order valence-corrected chi connectivity index (χ4v) is 3.42. The molecule has 1 aromatic heterocycles. The summed E-state index contributed by atoms with van der Waals surface area (Å²) < 4.78 is 45.7. The van der Waals surface area contributed by atoms with Crippen molar-refractivity contribution < 1.29 is 22.7 Å². The van der Waals surface area contributed by atoms with Crippen molar-refractivity contribution in [2.24, 2.45) is 4.99 Å². The van der Waals surface area contributed by atoms with Crippen molar-refractivity contribution in [2.75, 3.05) is 12.4 Å². The molecule has 0 aliphatic carbocycles. The predicted octanol–water partition coefficient (Wildman–Crippen LogP) is 4.07. The van der Waals surface area contributed by atoms with Crippen LogP contribution < -0.4 is 5.32 Å². The van der Waals surface area contributed by atoms with E-state index in [1.165, 1.54) is 13.2 Å². The number of hydrogen-bond donors (Lipinski definition) is 1. The molecule has 2 aromatic rings. The van der Waals surface area contributed by atoms with Crippen molar-refractivity contribution in [3.63, 3.8) is 0 Å². The molecule has 1 atom stereocenters. The number of aliphatic imine (C=N–C) groups is 1. The molecule has 0 saturated carbocycles. The van der Waals surface area contributed by atoms with E-state index in [0.29, 0.717) is 17.3 Å². The number of rotatable bonds is 4. The number of hydrogen-bond acceptors (Lipinski definition) is 5. The third-order valence-corrected chi connectivity index (χ3v) is 4.84. The molecule has 0 saturated heterocycles. The normalized spacial score (nSPS) is 16.5. The van der Waals surface area contributed by atoms with E-state index in [1.54, 1.807) is 0 Å². The van der Waals surface area contributed by atoms with Gasteiger partial charge < -0.3 is 10.1 Å². The molecular weight excluding hydrogens is 463 g/mol. The molecule has 0 bridgehead atoms. The summed E-state index contributed by atoms with van der Waals surface area (Å²) >= 11 is 9.42.